The van der Waals surface area contributed by atoms with Gasteiger partial charge in [0.1, 0.15) is 0 Å². The van der Waals surface area contributed by atoms with Crippen molar-refractivity contribution in [1.29, 1.82) is 0 Å². The van der Waals surface area contributed by atoms with Crippen LogP contribution in [0.4, 0.5) is 0 Å². The lowest BCUT2D eigenvalue weighted by Crippen LogP contribution is -2.34. The van der Waals surface area contributed by atoms with E-state index >= 15 is 0 Å². The lowest BCUT2D eigenvalue weighted by atomic mass is 10.0. The summed E-state index contributed by atoms with van der Waals surface area (Å²) in [5.41, 5.74) is -1.21. The SMILES string of the molecule is CCCCCCCCCCCCCCCC(=O)OC(C)(C)C(=O)Cl. The maximum atomic E-state index is 11.6. The predicted octanol–water partition coefficient (Wildman–Crippen LogP) is 6.55. The lowest BCUT2D eigenvalue weighted by molar-refractivity contribution is -0.161. The normalized spacial score (nSPS) is 11.5. The van der Waals surface area contributed by atoms with E-state index in [0.29, 0.717) is 6.42 Å². The van der Waals surface area contributed by atoms with Gasteiger partial charge in [0.05, 0.1) is 0 Å². The summed E-state index contributed by atoms with van der Waals surface area (Å²) in [5, 5.41) is -0.638. The number of carbonyl (C=O) groups excluding carboxylic acids is 2. The maximum Gasteiger partial charge on any atom is 0.306 e. The Bertz CT molecular complexity index is 340. The first-order chi connectivity index (χ1) is 11.4. The van der Waals surface area contributed by atoms with Crippen molar-refractivity contribution < 1.29 is 14.3 Å². The summed E-state index contributed by atoms with van der Waals surface area (Å²) in [6.45, 7) is 5.29. The van der Waals surface area contributed by atoms with E-state index < -0.39 is 10.8 Å². The summed E-state index contributed by atoms with van der Waals surface area (Å²) in [5.74, 6) is -0.336. The van der Waals surface area contributed by atoms with Crippen LogP contribution in [0.25, 0.3) is 0 Å². The Kier molecular flexibility index (Phi) is 14.4. The average molecular weight is 361 g/mol. The standard InChI is InChI=1S/C20H37ClO3/c1-4-5-6-7-8-9-10-11-12-13-14-15-16-17-18(22)24-20(2,3)19(21)23/h4-17H2,1-3H3. The van der Waals surface area contributed by atoms with Gasteiger partial charge < -0.3 is 4.74 Å². The van der Waals surface area contributed by atoms with Crippen LogP contribution in [0.5, 0.6) is 0 Å². The molecule has 0 aromatic rings. The van der Waals surface area contributed by atoms with Crippen molar-refractivity contribution in [2.24, 2.45) is 0 Å². The quantitative estimate of drug-likeness (QED) is 0.178. The van der Waals surface area contributed by atoms with Crippen molar-refractivity contribution in [2.75, 3.05) is 0 Å². The fourth-order valence-electron chi connectivity index (χ4n) is 2.66. The fourth-order valence-corrected chi connectivity index (χ4v) is 2.70. The molecule has 0 aliphatic rings. The molecule has 0 amide bonds. The van der Waals surface area contributed by atoms with Gasteiger partial charge in [-0.25, -0.2) is 0 Å². The van der Waals surface area contributed by atoms with Crippen LogP contribution in [-0.4, -0.2) is 16.8 Å². The van der Waals surface area contributed by atoms with Crippen molar-refractivity contribution in [1.82, 2.24) is 0 Å². The third-order valence-electron chi connectivity index (χ3n) is 4.33. The van der Waals surface area contributed by atoms with Gasteiger partial charge in [0.15, 0.2) is 5.60 Å². The Morgan fingerprint density at radius 1 is 0.750 bits per heavy atom. The van der Waals surface area contributed by atoms with Crippen LogP contribution < -0.4 is 0 Å². The van der Waals surface area contributed by atoms with E-state index in [0.717, 1.165) is 12.8 Å². The number of hydrogen-bond donors (Lipinski definition) is 0. The van der Waals surface area contributed by atoms with E-state index in [2.05, 4.69) is 6.92 Å². The van der Waals surface area contributed by atoms with Gasteiger partial charge >= 0.3 is 5.97 Å². The number of ether oxygens (including phenoxy) is 1. The van der Waals surface area contributed by atoms with Crippen molar-refractivity contribution in [2.45, 2.75) is 116 Å². The molecule has 24 heavy (non-hydrogen) atoms. The van der Waals surface area contributed by atoms with E-state index in [-0.39, 0.29) is 5.97 Å². The smallest absolute Gasteiger partial charge is 0.306 e. The third kappa shape index (κ3) is 13.8. The molecule has 0 aliphatic heterocycles. The molecule has 0 rings (SSSR count). The van der Waals surface area contributed by atoms with Crippen LogP contribution in [0.15, 0.2) is 0 Å². The van der Waals surface area contributed by atoms with Gasteiger partial charge in [0.2, 0.25) is 0 Å². The van der Waals surface area contributed by atoms with Gasteiger partial charge in [-0.15, -0.1) is 0 Å². The molecule has 0 aromatic carbocycles. The monoisotopic (exact) mass is 360 g/mol. The highest BCUT2D eigenvalue weighted by molar-refractivity contribution is 6.65. The predicted molar refractivity (Wildman–Crippen MR) is 101 cm³/mol. The van der Waals surface area contributed by atoms with Crippen molar-refractivity contribution in [3.8, 4) is 0 Å². The molecule has 0 saturated carbocycles. The molecule has 0 spiro atoms. The van der Waals surface area contributed by atoms with Gasteiger partial charge in [-0.2, -0.15) is 0 Å². The van der Waals surface area contributed by atoms with Crippen LogP contribution in [-0.2, 0) is 14.3 Å². The second kappa shape index (κ2) is 14.7. The second-order valence-electron chi connectivity index (χ2n) is 7.25. The number of unbranched alkanes of at least 4 members (excludes halogenated alkanes) is 12. The minimum Gasteiger partial charge on any atom is -0.450 e. The molecule has 0 unspecified atom stereocenters. The molecule has 3 nitrogen and oxygen atoms in total. The van der Waals surface area contributed by atoms with Crippen LogP contribution >= 0.6 is 11.6 Å². The molecule has 142 valence electrons. The highest BCUT2D eigenvalue weighted by Crippen LogP contribution is 2.16. The summed E-state index contributed by atoms with van der Waals surface area (Å²) in [6.07, 6.45) is 16.9. The highest BCUT2D eigenvalue weighted by Gasteiger charge is 2.29. The van der Waals surface area contributed by atoms with Gasteiger partial charge in [0, 0.05) is 6.42 Å². The molecule has 0 fully saturated rings. The molecule has 4 heteroatoms. The Labute approximate surface area is 153 Å². The Balaban J connectivity index is 3.33. The lowest BCUT2D eigenvalue weighted by Gasteiger charge is -2.20. The molecule has 0 aliphatic carbocycles. The van der Waals surface area contributed by atoms with E-state index in [1.165, 1.54) is 84.5 Å². The molecule has 0 heterocycles. The van der Waals surface area contributed by atoms with Gasteiger partial charge in [0.25, 0.3) is 5.24 Å². The van der Waals surface area contributed by atoms with Crippen molar-refractivity contribution in [3.05, 3.63) is 0 Å². The van der Waals surface area contributed by atoms with E-state index in [4.69, 9.17) is 16.3 Å². The molecule has 0 radical (unpaired) electrons. The number of halogens is 1. The molecular weight excluding hydrogens is 324 g/mol. The summed E-state index contributed by atoms with van der Waals surface area (Å²) in [6, 6.07) is 0. The van der Waals surface area contributed by atoms with E-state index in [1.54, 1.807) is 0 Å². The minimum absolute atomic E-state index is 0.336. The molecule has 0 bridgehead atoms. The summed E-state index contributed by atoms with van der Waals surface area (Å²) >= 11 is 5.38. The molecule has 0 saturated heterocycles. The molecule has 0 aromatic heterocycles. The van der Waals surface area contributed by atoms with Gasteiger partial charge in [-0.3, -0.25) is 9.59 Å². The van der Waals surface area contributed by atoms with Crippen molar-refractivity contribution in [3.63, 3.8) is 0 Å². The topological polar surface area (TPSA) is 43.4 Å². The average Bonchev–Trinajstić information content (AvgIpc) is 2.51. The zero-order chi connectivity index (χ0) is 18.3. The zero-order valence-electron chi connectivity index (χ0n) is 16.0. The second-order valence-corrected chi connectivity index (χ2v) is 7.59. The number of esters is 1. The van der Waals surface area contributed by atoms with Gasteiger partial charge in [-0.1, -0.05) is 84.0 Å². The summed E-state index contributed by atoms with van der Waals surface area (Å²) in [7, 11) is 0. The van der Waals surface area contributed by atoms with Gasteiger partial charge in [-0.05, 0) is 31.9 Å². The minimum atomic E-state index is -1.21. The van der Waals surface area contributed by atoms with E-state index in [9.17, 15) is 9.59 Å². The first-order valence-corrected chi connectivity index (χ1v) is 10.2. The fraction of sp³-hybridized carbons (Fsp3) is 0.900. The first-order valence-electron chi connectivity index (χ1n) is 9.82. The molecule has 0 N–H and O–H groups in total. The first kappa shape index (κ1) is 23.4. The van der Waals surface area contributed by atoms with Crippen LogP contribution in [0.1, 0.15) is 111 Å². The molecule has 0 atom stereocenters. The zero-order valence-corrected chi connectivity index (χ0v) is 16.8. The van der Waals surface area contributed by atoms with Crippen molar-refractivity contribution >= 4 is 22.8 Å². The number of rotatable bonds is 16. The van der Waals surface area contributed by atoms with E-state index in [1.807, 2.05) is 0 Å². The number of carbonyl (C=O) groups is 2. The van der Waals surface area contributed by atoms with Crippen LogP contribution in [0.2, 0.25) is 0 Å². The Hall–Kier alpha value is -0.570. The Morgan fingerprint density at radius 2 is 1.12 bits per heavy atom. The third-order valence-corrected chi connectivity index (χ3v) is 4.78. The summed E-state index contributed by atoms with van der Waals surface area (Å²) in [4.78, 5) is 22.7. The van der Waals surface area contributed by atoms with Crippen LogP contribution in [0, 0.1) is 0 Å². The molecular formula is C20H37ClO3. The summed E-state index contributed by atoms with van der Waals surface area (Å²) < 4.78 is 5.09. The maximum absolute atomic E-state index is 11.6. The number of hydrogen-bond acceptors (Lipinski definition) is 3. The Morgan fingerprint density at radius 3 is 1.50 bits per heavy atom. The highest BCUT2D eigenvalue weighted by atomic mass is 35.5. The van der Waals surface area contributed by atoms with Crippen LogP contribution in [0.3, 0.4) is 0 Å². The largest absolute Gasteiger partial charge is 0.450 e.